The van der Waals surface area contributed by atoms with Crippen LogP contribution in [0.2, 0.25) is 0 Å². The van der Waals surface area contributed by atoms with Gasteiger partial charge in [0.25, 0.3) is 0 Å². The predicted molar refractivity (Wildman–Crippen MR) is 39.8 cm³/mol. The molecule has 0 fully saturated rings. The predicted octanol–water partition coefficient (Wildman–Crippen LogP) is 0.554. The zero-order valence-corrected chi connectivity index (χ0v) is 6.41. The van der Waals surface area contributed by atoms with Crippen LogP contribution in [0.15, 0.2) is 17.8 Å². The minimum atomic E-state index is -1.12. The summed E-state index contributed by atoms with van der Waals surface area (Å²) in [5.74, 6) is 0. The number of aromatic nitrogens is 2. The van der Waals surface area contributed by atoms with E-state index in [0.29, 0.717) is 10.7 Å². The average Bonchev–Trinajstić information content (AvgIpc) is 2.53. The highest BCUT2D eigenvalue weighted by Gasteiger charge is 2.08. The Balaban J connectivity index is 2.70. The largest absolute Gasteiger partial charge is 0.588 e. The number of aliphatic hydroxyl groups is 1. The second-order valence-corrected chi connectivity index (χ2v) is 3.39. The Kier molecular flexibility index (Phi) is 1.42. The molecule has 0 radical (unpaired) electrons. The monoisotopic (exact) mass is 170 g/mol. The standard InChI is InChI=1S/C6H6N2O2S/c9-4-5-3-8-1-2-11(10)6(8)7-5/h1-3,9H,4H2. The molecule has 2 heterocycles. The number of hydrogen-bond donors (Lipinski definition) is 1. The Labute approximate surface area is 65.5 Å². The van der Waals surface area contributed by atoms with Gasteiger partial charge < -0.3 is 9.66 Å². The first-order chi connectivity index (χ1) is 5.31. The summed E-state index contributed by atoms with van der Waals surface area (Å²) in [6.45, 7) is -0.106. The molecule has 1 N–H and O–H groups in total. The molecule has 58 valence electrons. The summed E-state index contributed by atoms with van der Waals surface area (Å²) in [6.07, 6.45) is 3.34. The van der Waals surface area contributed by atoms with Crippen LogP contribution in [0.3, 0.4) is 0 Å². The third-order valence-corrected chi connectivity index (χ3v) is 2.47. The first-order valence-electron chi connectivity index (χ1n) is 3.09. The van der Waals surface area contributed by atoms with Gasteiger partial charge in [0.05, 0.1) is 18.5 Å². The SMILES string of the molecule is [O-][s+]1ccn2cc(CO)nc21. The van der Waals surface area contributed by atoms with Crippen LogP contribution < -0.4 is 0 Å². The third kappa shape index (κ3) is 0.936. The van der Waals surface area contributed by atoms with Crippen molar-refractivity contribution in [1.82, 2.24) is 9.38 Å². The van der Waals surface area contributed by atoms with Gasteiger partial charge in [-0.15, -0.1) is 0 Å². The lowest BCUT2D eigenvalue weighted by Gasteiger charge is -1.81. The van der Waals surface area contributed by atoms with Crippen LogP contribution in [-0.4, -0.2) is 19.0 Å². The molecule has 0 saturated carbocycles. The van der Waals surface area contributed by atoms with Crippen LogP contribution in [0, 0.1) is 0 Å². The van der Waals surface area contributed by atoms with Gasteiger partial charge in [-0.25, -0.2) is 0 Å². The second-order valence-electron chi connectivity index (χ2n) is 2.16. The molecular formula is C6H6N2O2S. The van der Waals surface area contributed by atoms with Crippen molar-refractivity contribution >= 4 is 15.7 Å². The molecule has 4 nitrogen and oxygen atoms in total. The average molecular weight is 170 g/mol. The lowest BCUT2D eigenvalue weighted by molar-refractivity contribution is 0.277. The van der Waals surface area contributed by atoms with Gasteiger partial charge in [0.1, 0.15) is 0 Å². The van der Waals surface area contributed by atoms with E-state index in [0.717, 1.165) is 0 Å². The smallest absolute Gasteiger partial charge is 0.350 e. The summed E-state index contributed by atoms with van der Waals surface area (Å²) in [7, 11) is -1.12. The minimum Gasteiger partial charge on any atom is -0.588 e. The number of hydrogen-bond acceptors (Lipinski definition) is 3. The zero-order valence-electron chi connectivity index (χ0n) is 5.60. The molecule has 2 aromatic rings. The van der Waals surface area contributed by atoms with Crippen molar-refractivity contribution in [2.75, 3.05) is 0 Å². The molecule has 0 bridgehead atoms. The van der Waals surface area contributed by atoms with E-state index < -0.39 is 10.8 Å². The van der Waals surface area contributed by atoms with Crippen molar-refractivity contribution in [2.45, 2.75) is 6.61 Å². The van der Waals surface area contributed by atoms with E-state index in [-0.39, 0.29) is 6.61 Å². The number of nitrogens with zero attached hydrogens (tertiary/aromatic N) is 2. The quantitative estimate of drug-likeness (QED) is 0.636. The number of rotatable bonds is 1. The van der Waals surface area contributed by atoms with Crippen molar-refractivity contribution in [3.05, 3.63) is 23.5 Å². The van der Waals surface area contributed by atoms with Gasteiger partial charge in [0.15, 0.2) is 5.38 Å². The molecule has 5 heteroatoms. The van der Waals surface area contributed by atoms with E-state index in [4.69, 9.17) is 5.11 Å². The highest BCUT2D eigenvalue weighted by Crippen LogP contribution is 2.20. The topological polar surface area (TPSA) is 60.6 Å². The normalized spacial score (nSPS) is 12.7. The van der Waals surface area contributed by atoms with Crippen LogP contribution in [0.4, 0.5) is 0 Å². The summed E-state index contributed by atoms with van der Waals surface area (Å²) in [4.78, 5) is 4.44. The molecule has 2 rings (SSSR count). The summed E-state index contributed by atoms with van der Waals surface area (Å²) in [5, 5.41) is 10.2. The molecule has 0 saturated heterocycles. The molecule has 1 atom stereocenters. The maximum Gasteiger partial charge on any atom is 0.350 e. The lowest BCUT2D eigenvalue weighted by Crippen LogP contribution is -1.79. The van der Waals surface area contributed by atoms with Gasteiger partial charge >= 0.3 is 4.96 Å². The van der Waals surface area contributed by atoms with Crippen LogP contribution in [0.1, 0.15) is 5.69 Å². The third-order valence-electron chi connectivity index (χ3n) is 1.44. The van der Waals surface area contributed by atoms with Crippen LogP contribution in [-0.2, 0) is 6.61 Å². The van der Waals surface area contributed by atoms with Gasteiger partial charge in [-0.1, -0.05) is 0 Å². The van der Waals surface area contributed by atoms with E-state index in [1.165, 1.54) is 0 Å². The summed E-state index contributed by atoms with van der Waals surface area (Å²) in [6, 6.07) is 0. The van der Waals surface area contributed by atoms with E-state index in [2.05, 4.69) is 4.98 Å². The molecular weight excluding hydrogens is 164 g/mol. The van der Waals surface area contributed by atoms with Crippen LogP contribution in [0.5, 0.6) is 0 Å². The first kappa shape index (κ1) is 6.78. The summed E-state index contributed by atoms with van der Waals surface area (Å²) >= 11 is 0. The number of imidazole rings is 1. The molecule has 0 aliphatic heterocycles. The van der Waals surface area contributed by atoms with E-state index in [9.17, 15) is 4.55 Å². The molecule has 0 spiro atoms. The van der Waals surface area contributed by atoms with E-state index >= 15 is 0 Å². The van der Waals surface area contributed by atoms with Crippen LogP contribution in [0.25, 0.3) is 4.96 Å². The first-order valence-corrected chi connectivity index (χ1v) is 4.30. The zero-order chi connectivity index (χ0) is 7.84. The molecule has 0 amide bonds. The fraction of sp³-hybridized carbons (Fsp3) is 0.167. The van der Waals surface area contributed by atoms with Gasteiger partial charge in [-0.3, -0.25) is 4.40 Å². The summed E-state index contributed by atoms with van der Waals surface area (Å²) < 4.78 is 12.7. The van der Waals surface area contributed by atoms with Crippen molar-refractivity contribution in [3.8, 4) is 0 Å². The lowest BCUT2D eigenvalue weighted by atomic mass is 10.5. The van der Waals surface area contributed by atoms with Crippen molar-refractivity contribution < 1.29 is 9.66 Å². The van der Waals surface area contributed by atoms with Crippen molar-refractivity contribution in [1.29, 1.82) is 0 Å². The van der Waals surface area contributed by atoms with Crippen LogP contribution >= 0.6 is 10.8 Å². The Morgan fingerprint density at radius 2 is 2.55 bits per heavy atom. The fourth-order valence-electron chi connectivity index (χ4n) is 0.939. The van der Waals surface area contributed by atoms with Crippen molar-refractivity contribution in [3.63, 3.8) is 0 Å². The Hall–Kier alpha value is -0.910. The molecule has 0 aliphatic carbocycles. The highest BCUT2D eigenvalue weighted by atomic mass is 32.2. The molecule has 11 heavy (non-hydrogen) atoms. The Morgan fingerprint density at radius 1 is 1.73 bits per heavy atom. The number of thiazole rings is 1. The molecule has 0 aromatic carbocycles. The number of aliphatic hydroxyl groups excluding tert-OH is 1. The highest BCUT2D eigenvalue weighted by molar-refractivity contribution is 7.28. The van der Waals surface area contributed by atoms with E-state index in [1.807, 2.05) is 0 Å². The second kappa shape index (κ2) is 2.30. The van der Waals surface area contributed by atoms with Gasteiger partial charge in [-0.05, 0) is 10.8 Å². The van der Waals surface area contributed by atoms with Crippen molar-refractivity contribution in [2.24, 2.45) is 0 Å². The van der Waals surface area contributed by atoms with Gasteiger partial charge in [-0.2, -0.15) is 4.98 Å². The molecule has 1 unspecified atom stereocenters. The fourth-order valence-corrected chi connectivity index (χ4v) is 1.83. The molecule has 0 aliphatic rings. The maximum absolute atomic E-state index is 11.1. The van der Waals surface area contributed by atoms with Gasteiger partial charge in [0, 0.05) is 6.20 Å². The van der Waals surface area contributed by atoms with E-state index in [1.54, 1.807) is 22.2 Å². The Morgan fingerprint density at radius 3 is 3.18 bits per heavy atom. The maximum atomic E-state index is 11.1. The van der Waals surface area contributed by atoms with Gasteiger partial charge in [0.2, 0.25) is 0 Å². The molecule has 2 aromatic heterocycles. The Bertz CT molecular complexity index is 379. The summed E-state index contributed by atoms with van der Waals surface area (Å²) in [5.41, 5.74) is 0.553. The number of fused-ring (bicyclic) bond motifs is 1. The minimum absolute atomic E-state index is 0.106.